The molecule has 0 radical (unpaired) electrons. The summed E-state index contributed by atoms with van der Waals surface area (Å²) in [5, 5.41) is 6.15. The molecule has 3 aromatic rings. The molecule has 0 fully saturated rings. The normalized spacial score (nSPS) is 10.5. The van der Waals surface area contributed by atoms with Gasteiger partial charge in [0.15, 0.2) is 10.5 Å². The topological polar surface area (TPSA) is 88.2 Å². The summed E-state index contributed by atoms with van der Waals surface area (Å²) in [4.78, 5) is 27.6. The van der Waals surface area contributed by atoms with E-state index in [-0.39, 0.29) is 22.8 Å². The van der Waals surface area contributed by atoms with E-state index in [1.165, 1.54) is 11.7 Å². The van der Waals surface area contributed by atoms with Crippen LogP contribution in [-0.4, -0.2) is 28.7 Å². The third-order valence-corrected chi connectivity index (χ3v) is 5.28. The zero-order chi connectivity index (χ0) is 21.7. The molecule has 0 saturated heterocycles. The predicted octanol–water partition coefficient (Wildman–Crippen LogP) is 5.01. The van der Waals surface area contributed by atoms with Gasteiger partial charge in [-0.1, -0.05) is 59.6 Å². The molecule has 0 saturated carbocycles. The van der Waals surface area contributed by atoms with E-state index in [0.29, 0.717) is 16.6 Å². The SMILES string of the molecule is COC(=O)c1c(NC(=O)NCc2ccccc2)[nH]c(=S)n1Cc1ccc(Cl)c(Cl)c1. The lowest BCUT2D eigenvalue weighted by Gasteiger charge is -2.11. The first-order chi connectivity index (χ1) is 14.4. The summed E-state index contributed by atoms with van der Waals surface area (Å²) in [6, 6.07) is 14.0. The number of ether oxygens (including phenoxy) is 1. The van der Waals surface area contributed by atoms with E-state index in [0.717, 1.165) is 11.1 Å². The van der Waals surface area contributed by atoms with Gasteiger partial charge in [0, 0.05) is 6.54 Å². The van der Waals surface area contributed by atoms with Crippen molar-refractivity contribution in [2.45, 2.75) is 13.1 Å². The van der Waals surface area contributed by atoms with Crippen molar-refractivity contribution in [2.75, 3.05) is 12.4 Å². The van der Waals surface area contributed by atoms with Crippen molar-refractivity contribution < 1.29 is 14.3 Å². The first-order valence-corrected chi connectivity index (χ1v) is 9.99. The number of carbonyl (C=O) groups excluding carboxylic acids is 2. The number of H-pyrrole nitrogens is 1. The van der Waals surface area contributed by atoms with Crippen LogP contribution >= 0.6 is 35.4 Å². The third-order valence-electron chi connectivity index (χ3n) is 4.22. The Labute approximate surface area is 188 Å². The lowest BCUT2D eigenvalue weighted by molar-refractivity contribution is 0.0590. The van der Waals surface area contributed by atoms with Gasteiger partial charge in [-0.25, -0.2) is 9.59 Å². The summed E-state index contributed by atoms with van der Waals surface area (Å²) in [6.45, 7) is 0.551. The molecule has 0 bridgehead atoms. The third kappa shape index (κ3) is 5.21. The Bertz CT molecular complexity index is 1130. The van der Waals surface area contributed by atoms with Gasteiger partial charge in [-0.05, 0) is 35.5 Å². The predicted molar refractivity (Wildman–Crippen MR) is 119 cm³/mol. The molecule has 0 unspecified atom stereocenters. The van der Waals surface area contributed by atoms with Gasteiger partial charge >= 0.3 is 12.0 Å². The van der Waals surface area contributed by atoms with Crippen LogP contribution in [-0.2, 0) is 17.8 Å². The molecule has 0 aliphatic rings. The zero-order valence-electron chi connectivity index (χ0n) is 15.9. The second-order valence-corrected chi connectivity index (χ2v) is 7.47. The Morgan fingerprint density at radius 1 is 1.10 bits per heavy atom. The number of aromatic amines is 1. The summed E-state index contributed by atoms with van der Waals surface area (Å²) < 4.78 is 6.63. The number of nitrogens with zero attached hydrogens (tertiary/aromatic N) is 1. The van der Waals surface area contributed by atoms with Crippen LogP contribution in [0.4, 0.5) is 10.6 Å². The van der Waals surface area contributed by atoms with Gasteiger partial charge in [0.1, 0.15) is 5.82 Å². The van der Waals surface area contributed by atoms with Gasteiger partial charge in [0.05, 0.1) is 23.7 Å². The number of urea groups is 1. The minimum Gasteiger partial charge on any atom is -0.464 e. The molecular formula is C20H18Cl2N4O3S. The zero-order valence-corrected chi connectivity index (χ0v) is 18.2. The van der Waals surface area contributed by atoms with Gasteiger partial charge < -0.3 is 19.6 Å². The number of esters is 1. The number of imidazole rings is 1. The van der Waals surface area contributed by atoms with Crippen LogP contribution in [0.3, 0.4) is 0 Å². The fraction of sp³-hybridized carbons (Fsp3) is 0.150. The van der Waals surface area contributed by atoms with Crippen LogP contribution in [0.5, 0.6) is 0 Å². The lowest BCUT2D eigenvalue weighted by Crippen LogP contribution is -2.29. The number of aromatic nitrogens is 2. The molecule has 3 N–H and O–H groups in total. The minimum atomic E-state index is -0.652. The number of methoxy groups -OCH3 is 1. The smallest absolute Gasteiger partial charge is 0.358 e. The second-order valence-electron chi connectivity index (χ2n) is 6.27. The van der Waals surface area contributed by atoms with E-state index >= 15 is 0 Å². The molecule has 0 atom stereocenters. The summed E-state index contributed by atoms with van der Waals surface area (Å²) in [5.41, 5.74) is 1.79. The van der Waals surface area contributed by atoms with Crippen molar-refractivity contribution in [2.24, 2.45) is 0 Å². The average molecular weight is 465 g/mol. The number of rotatable bonds is 6. The van der Waals surface area contributed by atoms with Gasteiger partial charge in [-0.2, -0.15) is 0 Å². The van der Waals surface area contributed by atoms with E-state index < -0.39 is 12.0 Å². The van der Waals surface area contributed by atoms with Crippen LogP contribution in [0.25, 0.3) is 0 Å². The van der Waals surface area contributed by atoms with Crippen LogP contribution < -0.4 is 10.6 Å². The Hall–Kier alpha value is -2.81. The number of nitrogens with one attached hydrogen (secondary N) is 3. The maximum atomic E-state index is 12.4. The standard InChI is InChI=1S/C20H18Cl2N4O3S/c1-29-18(27)16-17(24-19(28)23-10-12-5-3-2-4-6-12)25-20(30)26(16)11-13-7-8-14(21)15(22)9-13/h2-9H,10-11H2,1H3,(H,25,30)(H2,23,24,28). The van der Waals surface area contributed by atoms with Crippen LogP contribution in [0.15, 0.2) is 48.5 Å². The van der Waals surface area contributed by atoms with Crippen molar-refractivity contribution in [3.8, 4) is 0 Å². The van der Waals surface area contributed by atoms with E-state index in [4.69, 9.17) is 40.2 Å². The highest BCUT2D eigenvalue weighted by molar-refractivity contribution is 7.71. The highest BCUT2D eigenvalue weighted by Crippen LogP contribution is 2.24. The maximum absolute atomic E-state index is 12.4. The lowest BCUT2D eigenvalue weighted by atomic mass is 10.2. The molecule has 0 aliphatic carbocycles. The Morgan fingerprint density at radius 3 is 2.50 bits per heavy atom. The Balaban J connectivity index is 1.83. The number of hydrogen-bond acceptors (Lipinski definition) is 4. The monoisotopic (exact) mass is 464 g/mol. The summed E-state index contributed by atoms with van der Waals surface area (Å²) in [5.74, 6) is -0.516. The molecule has 0 spiro atoms. The van der Waals surface area contributed by atoms with Crippen LogP contribution in [0, 0.1) is 4.77 Å². The quantitative estimate of drug-likeness (QED) is 0.353. The second kappa shape index (κ2) is 9.80. The molecule has 3 rings (SSSR count). The molecule has 30 heavy (non-hydrogen) atoms. The first kappa shape index (κ1) is 21.9. The summed E-state index contributed by atoms with van der Waals surface area (Å²) >= 11 is 17.4. The van der Waals surface area contributed by atoms with Gasteiger partial charge in [0.2, 0.25) is 0 Å². The molecule has 2 amide bonds. The van der Waals surface area contributed by atoms with Gasteiger partial charge in [0.25, 0.3) is 0 Å². The van der Waals surface area contributed by atoms with Gasteiger partial charge in [-0.15, -0.1) is 0 Å². The van der Waals surface area contributed by atoms with Crippen molar-refractivity contribution in [1.29, 1.82) is 0 Å². The molecule has 7 nitrogen and oxygen atoms in total. The summed E-state index contributed by atoms with van der Waals surface area (Å²) in [7, 11) is 1.25. The minimum absolute atomic E-state index is 0.0865. The van der Waals surface area contributed by atoms with Crippen molar-refractivity contribution in [3.05, 3.63) is 80.2 Å². The Kier molecular flexibility index (Phi) is 7.15. The Morgan fingerprint density at radius 2 is 1.83 bits per heavy atom. The maximum Gasteiger partial charge on any atom is 0.358 e. The summed E-state index contributed by atoms with van der Waals surface area (Å²) in [6.07, 6.45) is 0. The van der Waals surface area contributed by atoms with E-state index in [1.807, 2.05) is 30.3 Å². The average Bonchev–Trinajstić information content (AvgIpc) is 3.04. The number of amides is 2. The first-order valence-electron chi connectivity index (χ1n) is 8.83. The molecule has 1 heterocycles. The highest BCUT2D eigenvalue weighted by Gasteiger charge is 2.22. The van der Waals surface area contributed by atoms with E-state index in [9.17, 15) is 9.59 Å². The largest absolute Gasteiger partial charge is 0.464 e. The van der Waals surface area contributed by atoms with Crippen LogP contribution in [0.1, 0.15) is 21.6 Å². The molecule has 0 aliphatic heterocycles. The van der Waals surface area contributed by atoms with E-state index in [1.54, 1.807) is 18.2 Å². The number of anilines is 1. The fourth-order valence-corrected chi connectivity index (χ4v) is 3.36. The molecule has 156 valence electrons. The number of carbonyl (C=O) groups is 2. The van der Waals surface area contributed by atoms with Crippen molar-refractivity contribution in [3.63, 3.8) is 0 Å². The molecule has 1 aromatic heterocycles. The number of halogens is 2. The highest BCUT2D eigenvalue weighted by atomic mass is 35.5. The van der Waals surface area contributed by atoms with Gasteiger partial charge in [-0.3, -0.25) is 5.32 Å². The van der Waals surface area contributed by atoms with Crippen molar-refractivity contribution >= 4 is 53.2 Å². The number of benzene rings is 2. The molecular weight excluding hydrogens is 447 g/mol. The van der Waals surface area contributed by atoms with Crippen LogP contribution in [0.2, 0.25) is 10.0 Å². The molecule has 2 aromatic carbocycles. The van der Waals surface area contributed by atoms with Crippen molar-refractivity contribution in [1.82, 2.24) is 14.9 Å². The fourth-order valence-electron chi connectivity index (χ4n) is 2.78. The van der Waals surface area contributed by atoms with E-state index in [2.05, 4.69) is 15.6 Å². The number of hydrogen-bond donors (Lipinski definition) is 3. The molecule has 10 heteroatoms.